The molecular weight excluding hydrogens is 436 g/mol. The molecule has 0 fully saturated rings. The summed E-state index contributed by atoms with van der Waals surface area (Å²) in [7, 11) is -1.89. The number of aromatic amines is 1. The first-order chi connectivity index (χ1) is 16.0. The lowest BCUT2D eigenvalue weighted by molar-refractivity contribution is 0.414. The summed E-state index contributed by atoms with van der Waals surface area (Å²) in [6.45, 7) is 3.68. The van der Waals surface area contributed by atoms with Crippen LogP contribution in [-0.2, 0) is 16.6 Å². The van der Waals surface area contributed by atoms with E-state index in [2.05, 4.69) is 57.9 Å². The van der Waals surface area contributed by atoms with Crippen LogP contribution in [0.2, 0.25) is 0 Å². The summed E-state index contributed by atoms with van der Waals surface area (Å²) < 4.78 is 34.8. The van der Waals surface area contributed by atoms with Crippen molar-refractivity contribution in [3.05, 3.63) is 84.0 Å². The zero-order chi connectivity index (χ0) is 23.0. The fourth-order valence-electron chi connectivity index (χ4n) is 4.57. The van der Waals surface area contributed by atoms with Crippen LogP contribution >= 0.6 is 0 Å². The second kappa shape index (κ2) is 8.53. The van der Waals surface area contributed by atoms with Crippen LogP contribution in [0.25, 0.3) is 16.5 Å². The normalized spacial score (nSPS) is 15.0. The van der Waals surface area contributed by atoms with Gasteiger partial charge in [0.1, 0.15) is 5.75 Å². The van der Waals surface area contributed by atoms with Gasteiger partial charge in [-0.25, -0.2) is 13.4 Å². The SMILES string of the molecule is COc1ccc(Cn2c(C)c(C3=CCN(S(=O)(=O)c4cnc[nH]4)CC3)c3ccccc32)cc1. The minimum Gasteiger partial charge on any atom is -0.497 e. The van der Waals surface area contributed by atoms with Gasteiger partial charge >= 0.3 is 0 Å². The average Bonchev–Trinajstić information content (AvgIpc) is 3.48. The van der Waals surface area contributed by atoms with Gasteiger partial charge in [0, 0.05) is 41.8 Å². The highest BCUT2D eigenvalue weighted by Crippen LogP contribution is 2.35. The molecule has 170 valence electrons. The molecule has 33 heavy (non-hydrogen) atoms. The van der Waals surface area contributed by atoms with Crippen molar-refractivity contribution in [3.63, 3.8) is 0 Å². The average molecular weight is 463 g/mol. The maximum Gasteiger partial charge on any atom is 0.260 e. The highest BCUT2D eigenvalue weighted by molar-refractivity contribution is 7.89. The highest BCUT2D eigenvalue weighted by atomic mass is 32.2. The summed E-state index contributed by atoms with van der Waals surface area (Å²) in [5.74, 6) is 0.843. The van der Waals surface area contributed by atoms with Gasteiger partial charge in [-0.2, -0.15) is 4.31 Å². The van der Waals surface area contributed by atoms with Crippen LogP contribution in [0.3, 0.4) is 0 Å². The number of H-pyrrole nitrogens is 1. The number of ether oxygens (including phenoxy) is 1. The molecule has 8 heteroatoms. The van der Waals surface area contributed by atoms with Crippen molar-refractivity contribution in [2.75, 3.05) is 20.2 Å². The number of hydrogen-bond acceptors (Lipinski definition) is 4. The maximum atomic E-state index is 12.8. The van der Waals surface area contributed by atoms with Gasteiger partial charge in [-0.1, -0.05) is 36.4 Å². The molecule has 5 rings (SSSR count). The lowest BCUT2D eigenvalue weighted by Crippen LogP contribution is -2.34. The van der Waals surface area contributed by atoms with E-state index in [-0.39, 0.29) is 5.03 Å². The lowest BCUT2D eigenvalue weighted by atomic mass is 9.97. The van der Waals surface area contributed by atoms with E-state index in [0.29, 0.717) is 19.5 Å². The van der Waals surface area contributed by atoms with Gasteiger partial charge in [-0.15, -0.1) is 0 Å². The van der Waals surface area contributed by atoms with Crippen LogP contribution in [0.15, 0.2) is 72.2 Å². The standard InChI is InChI=1S/C25H26N4O3S/c1-18-25(20-11-13-28(14-12-20)33(30,31)24-15-26-17-27-24)22-5-3-4-6-23(22)29(18)16-19-7-9-21(32-2)10-8-19/h3-11,15,17H,12-14,16H2,1-2H3,(H,26,27). The topological polar surface area (TPSA) is 80.2 Å². The van der Waals surface area contributed by atoms with Crippen molar-refractivity contribution < 1.29 is 13.2 Å². The Hall–Kier alpha value is -3.36. The van der Waals surface area contributed by atoms with Crippen LogP contribution in [0, 0.1) is 6.92 Å². The fraction of sp³-hybridized carbons (Fsp3) is 0.240. The van der Waals surface area contributed by atoms with E-state index in [1.54, 1.807) is 7.11 Å². The number of sulfonamides is 1. The van der Waals surface area contributed by atoms with Crippen LogP contribution in [0.1, 0.15) is 23.2 Å². The molecule has 7 nitrogen and oxygen atoms in total. The number of methoxy groups -OCH3 is 1. The molecule has 0 spiro atoms. The van der Waals surface area contributed by atoms with Gasteiger partial charge < -0.3 is 14.3 Å². The van der Waals surface area contributed by atoms with E-state index in [1.807, 2.05) is 18.2 Å². The van der Waals surface area contributed by atoms with Crippen molar-refractivity contribution >= 4 is 26.5 Å². The van der Waals surface area contributed by atoms with Crippen LogP contribution < -0.4 is 4.74 Å². The molecule has 4 aromatic rings. The lowest BCUT2D eigenvalue weighted by Gasteiger charge is -2.25. The Morgan fingerprint density at radius 3 is 2.58 bits per heavy atom. The number of nitrogens with zero attached hydrogens (tertiary/aromatic N) is 3. The maximum absolute atomic E-state index is 12.8. The van der Waals surface area contributed by atoms with E-state index in [0.717, 1.165) is 12.3 Å². The quantitative estimate of drug-likeness (QED) is 0.466. The molecule has 0 saturated heterocycles. The first kappa shape index (κ1) is 21.5. The summed E-state index contributed by atoms with van der Waals surface area (Å²) in [6.07, 6.45) is 5.44. The minimum atomic E-state index is -3.56. The molecule has 0 amide bonds. The van der Waals surface area contributed by atoms with Crippen molar-refractivity contribution in [2.24, 2.45) is 0 Å². The van der Waals surface area contributed by atoms with E-state index in [1.165, 1.54) is 50.1 Å². The fourth-order valence-corrected chi connectivity index (χ4v) is 5.85. The van der Waals surface area contributed by atoms with Crippen LogP contribution in [0.4, 0.5) is 0 Å². The molecule has 2 aromatic carbocycles. The van der Waals surface area contributed by atoms with Crippen molar-refractivity contribution in [1.29, 1.82) is 0 Å². The number of imidazole rings is 1. The van der Waals surface area contributed by atoms with E-state index >= 15 is 0 Å². The van der Waals surface area contributed by atoms with Gasteiger partial charge in [0.25, 0.3) is 10.0 Å². The summed E-state index contributed by atoms with van der Waals surface area (Å²) in [5, 5.41) is 1.33. The number of rotatable bonds is 6. The van der Waals surface area contributed by atoms with E-state index in [9.17, 15) is 8.42 Å². The van der Waals surface area contributed by atoms with E-state index < -0.39 is 10.0 Å². The summed E-state index contributed by atoms with van der Waals surface area (Å²) in [6, 6.07) is 16.6. The van der Waals surface area contributed by atoms with Crippen LogP contribution in [0.5, 0.6) is 5.75 Å². The summed E-state index contributed by atoms with van der Waals surface area (Å²) in [4.78, 5) is 6.56. The predicted octanol–water partition coefficient (Wildman–Crippen LogP) is 4.21. The summed E-state index contributed by atoms with van der Waals surface area (Å²) in [5.41, 5.74) is 5.95. The number of hydrogen-bond donors (Lipinski definition) is 1. The van der Waals surface area contributed by atoms with Crippen molar-refractivity contribution in [2.45, 2.75) is 24.9 Å². The molecule has 0 bridgehead atoms. The smallest absolute Gasteiger partial charge is 0.260 e. The van der Waals surface area contributed by atoms with Gasteiger partial charge in [0.05, 0.1) is 19.6 Å². The molecule has 3 heterocycles. The Labute approximate surface area is 193 Å². The molecule has 0 saturated carbocycles. The Morgan fingerprint density at radius 2 is 1.91 bits per heavy atom. The molecule has 0 atom stereocenters. The number of fused-ring (bicyclic) bond motifs is 1. The molecule has 0 radical (unpaired) electrons. The molecule has 1 aliphatic heterocycles. The molecule has 2 aromatic heterocycles. The molecule has 0 aliphatic carbocycles. The summed E-state index contributed by atoms with van der Waals surface area (Å²) >= 11 is 0. The predicted molar refractivity (Wildman–Crippen MR) is 129 cm³/mol. The number of benzene rings is 2. The Bertz CT molecular complexity index is 1420. The monoisotopic (exact) mass is 462 g/mol. The third-order valence-electron chi connectivity index (χ3n) is 6.31. The van der Waals surface area contributed by atoms with Crippen molar-refractivity contribution in [3.8, 4) is 5.75 Å². The van der Waals surface area contributed by atoms with Crippen molar-refractivity contribution in [1.82, 2.24) is 18.8 Å². The van der Waals surface area contributed by atoms with Gasteiger partial charge in [0.15, 0.2) is 5.03 Å². The van der Waals surface area contributed by atoms with Gasteiger partial charge in [0.2, 0.25) is 0 Å². The van der Waals surface area contributed by atoms with Gasteiger partial charge in [-0.3, -0.25) is 0 Å². The van der Waals surface area contributed by atoms with E-state index in [4.69, 9.17) is 4.74 Å². The first-order valence-corrected chi connectivity index (χ1v) is 12.3. The Kier molecular flexibility index (Phi) is 5.55. The largest absolute Gasteiger partial charge is 0.497 e. The number of aromatic nitrogens is 3. The van der Waals surface area contributed by atoms with Gasteiger partial charge in [-0.05, 0) is 42.7 Å². The second-order valence-electron chi connectivity index (χ2n) is 8.17. The second-order valence-corrected chi connectivity index (χ2v) is 10.1. The first-order valence-electron chi connectivity index (χ1n) is 10.9. The number of nitrogens with one attached hydrogen (secondary N) is 1. The Balaban J connectivity index is 1.49. The molecule has 0 unspecified atom stereocenters. The zero-order valence-electron chi connectivity index (χ0n) is 18.7. The third-order valence-corrected chi connectivity index (χ3v) is 8.11. The minimum absolute atomic E-state index is 0.131. The highest BCUT2D eigenvalue weighted by Gasteiger charge is 2.28. The molecule has 1 N–H and O–H groups in total. The molecular formula is C25H26N4O3S. The molecule has 1 aliphatic rings. The zero-order valence-corrected chi connectivity index (χ0v) is 19.5. The third kappa shape index (κ3) is 3.85. The van der Waals surface area contributed by atoms with Crippen LogP contribution in [-0.4, -0.2) is 47.5 Å². The Morgan fingerprint density at radius 1 is 1.12 bits per heavy atom. The number of para-hydroxylation sites is 1.